The van der Waals surface area contributed by atoms with Crippen LogP contribution in [0.5, 0.6) is 0 Å². The van der Waals surface area contributed by atoms with Crippen molar-refractivity contribution in [3.05, 3.63) is 27.9 Å². The minimum absolute atomic E-state index is 0.197. The number of thioether (sulfide) groups is 1. The molecular formula is C11H12N4O2S2. The van der Waals surface area contributed by atoms with Crippen LogP contribution in [0.4, 0.5) is 5.69 Å². The van der Waals surface area contributed by atoms with Crippen molar-refractivity contribution in [3.8, 4) is 6.07 Å². The number of hydrogen-bond acceptors (Lipinski definition) is 6. The maximum absolute atomic E-state index is 10.7. The van der Waals surface area contributed by atoms with E-state index in [0.717, 1.165) is 13.1 Å². The minimum atomic E-state index is -0.622. The van der Waals surface area contributed by atoms with Gasteiger partial charge in [-0.05, 0) is 31.7 Å². The Morgan fingerprint density at radius 2 is 2.21 bits per heavy atom. The zero-order valence-electron chi connectivity index (χ0n) is 10.5. The molecule has 0 aliphatic carbocycles. The Balaban J connectivity index is 2.96. The predicted octanol–water partition coefficient (Wildman–Crippen LogP) is 2.58. The highest BCUT2D eigenvalue weighted by Crippen LogP contribution is 2.24. The zero-order valence-corrected chi connectivity index (χ0v) is 12.1. The van der Waals surface area contributed by atoms with Crippen LogP contribution in [0, 0.1) is 21.4 Å². The van der Waals surface area contributed by atoms with Crippen LogP contribution in [0.25, 0.3) is 0 Å². The number of pyridine rings is 1. The maximum atomic E-state index is 10.7. The molecule has 0 atom stereocenters. The summed E-state index contributed by atoms with van der Waals surface area (Å²) in [5.41, 5.74) is -0.488. The first-order valence-corrected chi connectivity index (χ1v) is 6.78. The molecule has 1 heterocycles. The predicted molar refractivity (Wildman–Crippen MR) is 77.0 cm³/mol. The van der Waals surface area contributed by atoms with Crippen molar-refractivity contribution in [3.63, 3.8) is 0 Å². The normalized spacial score (nSPS) is 9.74. The largest absolute Gasteiger partial charge is 0.358 e. The molecule has 0 amide bonds. The van der Waals surface area contributed by atoms with E-state index in [2.05, 4.69) is 4.98 Å². The van der Waals surface area contributed by atoms with Crippen molar-refractivity contribution < 1.29 is 4.92 Å². The molecule has 1 aromatic rings. The van der Waals surface area contributed by atoms with Gasteiger partial charge in [-0.1, -0.05) is 12.2 Å². The average Bonchev–Trinajstić information content (AvgIpc) is 2.39. The van der Waals surface area contributed by atoms with Gasteiger partial charge in [0.2, 0.25) is 5.69 Å². The second-order valence-electron chi connectivity index (χ2n) is 3.43. The summed E-state index contributed by atoms with van der Waals surface area (Å²) in [7, 11) is 0. The van der Waals surface area contributed by atoms with Gasteiger partial charge < -0.3 is 4.90 Å². The molecule has 0 saturated heterocycles. The number of nitrogens with zero attached hydrogens (tertiary/aromatic N) is 4. The van der Waals surface area contributed by atoms with E-state index in [9.17, 15) is 10.1 Å². The van der Waals surface area contributed by atoms with Crippen LogP contribution in [0.2, 0.25) is 0 Å². The summed E-state index contributed by atoms with van der Waals surface area (Å²) in [4.78, 5) is 16.0. The van der Waals surface area contributed by atoms with E-state index in [1.54, 1.807) is 6.07 Å². The smallest absolute Gasteiger partial charge is 0.305 e. The molecule has 0 radical (unpaired) electrons. The molecular weight excluding hydrogens is 284 g/mol. The van der Waals surface area contributed by atoms with Crippen molar-refractivity contribution in [1.82, 2.24) is 9.88 Å². The van der Waals surface area contributed by atoms with E-state index in [4.69, 9.17) is 17.5 Å². The van der Waals surface area contributed by atoms with E-state index in [-0.39, 0.29) is 11.4 Å². The summed E-state index contributed by atoms with van der Waals surface area (Å²) in [6.45, 7) is 5.53. The number of nitro groups is 1. The molecule has 0 fully saturated rings. The summed E-state index contributed by atoms with van der Waals surface area (Å²) < 4.78 is 0.634. The lowest BCUT2D eigenvalue weighted by Crippen LogP contribution is -2.26. The molecule has 0 aliphatic rings. The Morgan fingerprint density at radius 3 is 2.68 bits per heavy atom. The van der Waals surface area contributed by atoms with E-state index in [1.807, 2.05) is 18.7 Å². The Bertz CT molecular complexity index is 538. The number of thiocarbonyl (C=S) groups is 1. The van der Waals surface area contributed by atoms with Crippen molar-refractivity contribution in [2.75, 3.05) is 13.1 Å². The van der Waals surface area contributed by atoms with Crippen LogP contribution < -0.4 is 0 Å². The van der Waals surface area contributed by atoms with E-state index >= 15 is 0 Å². The third kappa shape index (κ3) is 3.87. The molecule has 1 rings (SSSR count). The van der Waals surface area contributed by atoms with Gasteiger partial charge in [0.15, 0.2) is 0 Å². The number of hydrogen-bond donors (Lipinski definition) is 0. The van der Waals surface area contributed by atoms with Crippen LogP contribution in [0.3, 0.4) is 0 Å². The van der Waals surface area contributed by atoms with Gasteiger partial charge in [-0.2, -0.15) is 5.26 Å². The lowest BCUT2D eigenvalue weighted by atomic mass is 10.3. The van der Waals surface area contributed by atoms with E-state index in [1.165, 1.54) is 23.9 Å². The van der Waals surface area contributed by atoms with Crippen LogP contribution in [0.15, 0.2) is 17.2 Å². The van der Waals surface area contributed by atoms with Gasteiger partial charge in [0.05, 0.1) is 4.92 Å². The van der Waals surface area contributed by atoms with Crippen molar-refractivity contribution in [2.24, 2.45) is 0 Å². The Labute approximate surface area is 120 Å². The zero-order chi connectivity index (χ0) is 14.4. The standard InChI is InChI=1S/C11H12N4O2S2/c1-3-14(4-2)11(18)19-10-6-5-9(15(16)17)8(7-12)13-10/h5-6H,3-4H2,1-2H3. The molecule has 0 aliphatic heterocycles. The first-order valence-electron chi connectivity index (χ1n) is 5.55. The number of rotatable bonds is 4. The van der Waals surface area contributed by atoms with Crippen LogP contribution >= 0.6 is 24.0 Å². The highest BCUT2D eigenvalue weighted by Gasteiger charge is 2.17. The third-order valence-electron chi connectivity index (χ3n) is 2.36. The first-order chi connectivity index (χ1) is 9.03. The average molecular weight is 296 g/mol. The van der Waals surface area contributed by atoms with Gasteiger partial charge in [-0.15, -0.1) is 0 Å². The van der Waals surface area contributed by atoms with Crippen LogP contribution in [0.1, 0.15) is 19.5 Å². The second-order valence-corrected chi connectivity index (χ2v) is 5.08. The van der Waals surface area contributed by atoms with Gasteiger partial charge >= 0.3 is 5.69 Å². The van der Waals surface area contributed by atoms with Gasteiger partial charge in [-0.3, -0.25) is 10.1 Å². The van der Waals surface area contributed by atoms with Crippen molar-refractivity contribution in [2.45, 2.75) is 18.9 Å². The fraction of sp³-hybridized carbons (Fsp3) is 0.364. The molecule has 0 spiro atoms. The van der Waals surface area contributed by atoms with Gasteiger partial charge in [-0.25, -0.2) is 4.98 Å². The minimum Gasteiger partial charge on any atom is -0.358 e. The Morgan fingerprint density at radius 1 is 1.58 bits per heavy atom. The Kier molecular flexibility index (Phi) is 5.66. The monoisotopic (exact) mass is 296 g/mol. The Hall–Kier alpha value is -1.72. The quantitative estimate of drug-likeness (QED) is 0.365. The third-order valence-corrected chi connectivity index (χ3v) is 3.74. The van der Waals surface area contributed by atoms with Crippen molar-refractivity contribution >= 4 is 34.0 Å². The van der Waals surface area contributed by atoms with Gasteiger partial charge in [0, 0.05) is 19.2 Å². The van der Waals surface area contributed by atoms with Gasteiger partial charge in [0.25, 0.3) is 0 Å². The fourth-order valence-corrected chi connectivity index (χ4v) is 2.71. The summed E-state index contributed by atoms with van der Waals surface area (Å²) in [5, 5.41) is 20.0. The molecule has 0 N–H and O–H groups in total. The van der Waals surface area contributed by atoms with Gasteiger partial charge in [0.1, 0.15) is 15.4 Å². The lowest BCUT2D eigenvalue weighted by Gasteiger charge is -2.20. The first kappa shape index (κ1) is 15.3. The molecule has 1 aromatic heterocycles. The van der Waals surface area contributed by atoms with Crippen LogP contribution in [-0.2, 0) is 0 Å². The summed E-state index contributed by atoms with van der Waals surface area (Å²) >= 11 is 6.48. The lowest BCUT2D eigenvalue weighted by molar-refractivity contribution is -0.385. The van der Waals surface area contributed by atoms with E-state index < -0.39 is 4.92 Å². The fourth-order valence-electron chi connectivity index (χ4n) is 1.36. The van der Waals surface area contributed by atoms with E-state index in [0.29, 0.717) is 9.35 Å². The maximum Gasteiger partial charge on any atom is 0.305 e. The summed E-state index contributed by atoms with van der Waals surface area (Å²) in [6.07, 6.45) is 0. The molecule has 0 unspecified atom stereocenters. The molecule has 19 heavy (non-hydrogen) atoms. The molecule has 8 heteroatoms. The summed E-state index contributed by atoms with van der Waals surface area (Å²) in [5.74, 6) is 0. The topological polar surface area (TPSA) is 83.1 Å². The van der Waals surface area contributed by atoms with Crippen LogP contribution in [-0.4, -0.2) is 32.2 Å². The molecule has 100 valence electrons. The van der Waals surface area contributed by atoms with Crippen molar-refractivity contribution in [1.29, 1.82) is 5.26 Å². The molecule has 0 saturated carbocycles. The SMILES string of the molecule is CCN(CC)C(=S)Sc1ccc([N+](=O)[O-])c(C#N)n1. The molecule has 0 bridgehead atoms. The number of nitriles is 1. The molecule has 0 aromatic carbocycles. The number of aromatic nitrogens is 1. The summed E-state index contributed by atoms with van der Waals surface area (Å²) in [6, 6.07) is 4.50. The highest BCUT2D eigenvalue weighted by atomic mass is 32.2. The molecule has 6 nitrogen and oxygen atoms in total. The highest BCUT2D eigenvalue weighted by molar-refractivity contribution is 8.22. The second kappa shape index (κ2) is 7.01.